The highest BCUT2D eigenvalue weighted by molar-refractivity contribution is 7.88. The van der Waals surface area contributed by atoms with Crippen LogP contribution in [0.1, 0.15) is 5.56 Å². The molecule has 3 rings (SSSR count). The van der Waals surface area contributed by atoms with Crippen molar-refractivity contribution in [3.8, 4) is 5.75 Å². The molecule has 0 radical (unpaired) electrons. The van der Waals surface area contributed by atoms with E-state index in [-0.39, 0.29) is 11.0 Å². The smallest absolute Gasteiger partial charge is 0.456 e. The largest absolute Gasteiger partial charge is 0.534 e. The minimum absolute atomic E-state index is 0.189. The Kier molecular flexibility index (Phi) is 3.10. The predicted octanol–water partition coefficient (Wildman–Crippen LogP) is 4.12. The third kappa shape index (κ3) is 2.19. The van der Waals surface area contributed by atoms with E-state index in [1.807, 2.05) is 0 Å². The summed E-state index contributed by atoms with van der Waals surface area (Å²) < 4.78 is 69.7. The van der Waals surface area contributed by atoms with Crippen molar-refractivity contribution in [2.45, 2.75) is 12.4 Å². The maximum absolute atomic E-state index is 12.5. The van der Waals surface area contributed by atoms with E-state index in [2.05, 4.69) is 4.18 Å². The molecule has 1 heterocycles. The molecule has 22 heavy (non-hydrogen) atoms. The fraction of sp³-hybridized carbons (Fsp3) is 0.143. The number of alkyl halides is 3. The monoisotopic (exact) mass is 330 g/mol. The number of halogens is 3. The fourth-order valence-corrected chi connectivity index (χ4v) is 2.66. The third-order valence-corrected chi connectivity index (χ3v) is 4.13. The first-order chi connectivity index (χ1) is 10.2. The Bertz CT molecular complexity index is 971. The maximum atomic E-state index is 12.5. The maximum Gasteiger partial charge on any atom is 0.534 e. The minimum atomic E-state index is -5.74. The molecular weight excluding hydrogens is 321 g/mol. The highest BCUT2D eigenvalue weighted by Crippen LogP contribution is 2.38. The zero-order valence-corrected chi connectivity index (χ0v) is 12.0. The summed E-state index contributed by atoms with van der Waals surface area (Å²) in [6, 6.07) is 9.15. The summed E-state index contributed by atoms with van der Waals surface area (Å²) in [4.78, 5) is 0. The van der Waals surface area contributed by atoms with Crippen molar-refractivity contribution in [3.63, 3.8) is 0 Å². The quantitative estimate of drug-likeness (QED) is 0.524. The van der Waals surface area contributed by atoms with E-state index in [1.165, 1.54) is 12.1 Å². The zero-order valence-electron chi connectivity index (χ0n) is 11.1. The number of hydrogen-bond donors (Lipinski definition) is 0. The van der Waals surface area contributed by atoms with Gasteiger partial charge in [-0.3, -0.25) is 0 Å². The molecule has 116 valence electrons. The molecule has 0 aliphatic heterocycles. The normalized spacial score (nSPS) is 12.9. The van der Waals surface area contributed by atoms with Gasteiger partial charge in [0.05, 0.1) is 5.39 Å². The van der Waals surface area contributed by atoms with E-state index < -0.39 is 21.4 Å². The molecule has 0 aliphatic carbocycles. The lowest BCUT2D eigenvalue weighted by Crippen LogP contribution is -2.28. The summed E-state index contributed by atoms with van der Waals surface area (Å²) in [5, 5.41) is 0.678. The van der Waals surface area contributed by atoms with Crippen LogP contribution in [-0.4, -0.2) is 13.9 Å². The lowest BCUT2D eigenvalue weighted by atomic mass is 10.1. The number of aryl methyl sites for hydroxylation is 1. The highest BCUT2D eigenvalue weighted by atomic mass is 32.2. The van der Waals surface area contributed by atoms with E-state index in [0.29, 0.717) is 11.0 Å². The number of furan rings is 1. The lowest BCUT2D eigenvalue weighted by Gasteiger charge is -2.09. The molecule has 0 N–H and O–H groups in total. The molecule has 0 bridgehead atoms. The number of fused-ring (bicyclic) bond motifs is 3. The van der Waals surface area contributed by atoms with Crippen molar-refractivity contribution in [3.05, 3.63) is 42.0 Å². The topological polar surface area (TPSA) is 56.5 Å². The summed E-state index contributed by atoms with van der Waals surface area (Å²) in [7, 11) is -5.74. The fourth-order valence-electron chi connectivity index (χ4n) is 2.19. The van der Waals surface area contributed by atoms with Crippen LogP contribution in [0.4, 0.5) is 13.2 Å². The van der Waals surface area contributed by atoms with Crippen LogP contribution in [0.5, 0.6) is 5.75 Å². The standard InChI is InChI=1S/C14H9F3O4S/c1-8-4-2-5-9-12-10(20-13(8)9)6-3-7-11(12)21-22(18,19)14(15,16)17/h2-7H,1H3. The molecule has 3 aromatic rings. The van der Waals surface area contributed by atoms with Gasteiger partial charge in [0, 0.05) is 5.39 Å². The average molecular weight is 330 g/mol. The Labute approximate surface area is 123 Å². The Balaban J connectivity index is 2.28. The van der Waals surface area contributed by atoms with E-state index in [0.717, 1.165) is 11.6 Å². The van der Waals surface area contributed by atoms with Crippen molar-refractivity contribution in [1.82, 2.24) is 0 Å². The molecule has 1 aromatic heterocycles. The molecule has 2 aromatic carbocycles. The van der Waals surface area contributed by atoms with Crippen molar-refractivity contribution in [2.24, 2.45) is 0 Å². The minimum Gasteiger partial charge on any atom is -0.456 e. The number of benzene rings is 2. The van der Waals surface area contributed by atoms with Gasteiger partial charge in [-0.2, -0.15) is 21.6 Å². The van der Waals surface area contributed by atoms with Crippen LogP contribution in [0.15, 0.2) is 40.8 Å². The van der Waals surface area contributed by atoms with Crippen LogP contribution in [-0.2, 0) is 10.1 Å². The van der Waals surface area contributed by atoms with Gasteiger partial charge in [0.15, 0.2) is 5.75 Å². The van der Waals surface area contributed by atoms with E-state index in [9.17, 15) is 21.6 Å². The molecule has 0 atom stereocenters. The molecule has 8 heteroatoms. The second kappa shape index (κ2) is 4.64. The lowest BCUT2D eigenvalue weighted by molar-refractivity contribution is -0.0499. The Morgan fingerprint density at radius 1 is 1.09 bits per heavy atom. The van der Waals surface area contributed by atoms with Crippen molar-refractivity contribution < 1.29 is 30.2 Å². The number of rotatable bonds is 2. The summed E-state index contributed by atoms with van der Waals surface area (Å²) in [6.45, 7) is 1.78. The number of para-hydroxylation sites is 1. The molecule has 4 nitrogen and oxygen atoms in total. The number of hydrogen-bond acceptors (Lipinski definition) is 4. The Morgan fingerprint density at radius 3 is 2.45 bits per heavy atom. The summed E-state index contributed by atoms with van der Waals surface area (Å²) >= 11 is 0. The van der Waals surface area contributed by atoms with Gasteiger partial charge in [0.25, 0.3) is 0 Å². The molecule has 0 fully saturated rings. The van der Waals surface area contributed by atoms with Crippen molar-refractivity contribution in [2.75, 3.05) is 0 Å². The van der Waals surface area contributed by atoms with Crippen LogP contribution < -0.4 is 4.18 Å². The van der Waals surface area contributed by atoms with Gasteiger partial charge in [-0.1, -0.05) is 24.3 Å². The van der Waals surface area contributed by atoms with Gasteiger partial charge >= 0.3 is 15.6 Å². The summed E-state index contributed by atoms with van der Waals surface area (Å²) in [6.07, 6.45) is 0. The predicted molar refractivity (Wildman–Crippen MR) is 74.1 cm³/mol. The first kappa shape index (κ1) is 14.7. The van der Waals surface area contributed by atoms with Crippen molar-refractivity contribution in [1.29, 1.82) is 0 Å². The molecule has 0 saturated carbocycles. The van der Waals surface area contributed by atoms with Crippen LogP contribution in [0.3, 0.4) is 0 Å². The van der Waals surface area contributed by atoms with Gasteiger partial charge in [0.1, 0.15) is 11.2 Å². The highest BCUT2D eigenvalue weighted by Gasteiger charge is 2.48. The van der Waals surface area contributed by atoms with Gasteiger partial charge in [0.2, 0.25) is 0 Å². The zero-order chi connectivity index (χ0) is 16.1. The second-order valence-electron chi connectivity index (χ2n) is 4.67. The van der Waals surface area contributed by atoms with Gasteiger partial charge < -0.3 is 8.60 Å². The molecular formula is C14H9F3O4S. The Hall–Kier alpha value is -2.22. The van der Waals surface area contributed by atoms with Crippen LogP contribution >= 0.6 is 0 Å². The van der Waals surface area contributed by atoms with Gasteiger partial charge in [-0.15, -0.1) is 0 Å². The summed E-state index contributed by atoms with van der Waals surface area (Å²) in [5.41, 5.74) is -4.00. The molecule has 0 amide bonds. The third-order valence-electron chi connectivity index (χ3n) is 3.16. The first-order valence-corrected chi connectivity index (χ1v) is 7.53. The van der Waals surface area contributed by atoms with Gasteiger partial charge in [-0.05, 0) is 24.6 Å². The molecule has 0 spiro atoms. The van der Waals surface area contributed by atoms with Crippen LogP contribution in [0.2, 0.25) is 0 Å². The van der Waals surface area contributed by atoms with E-state index >= 15 is 0 Å². The van der Waals surface area contributed by atoms with E-state index in [4.69, 9.17) is 4.42 Å². The molecule has 0 aliphatic rings. The van der Waals surface area contributed by atoms with Crippen LogP contribution in [0, 0.1) is 6.92 Å². The second-order valence-corrected chi connectivity index (χ2v) is 6.20. The summed E-state index contributed by atoms with van der Waals surface area (Å²) in [5.74, 6) is -0.417. The van der Waals surface area contributed by atoms with Crippen molar-refractivity contribution >= 4 is 32.1 Å². The van der Waals surface area contributed by atoms with Crippen LogP contribution in [0.25, 0.3) is 21.9 Å². The van der Waals surface area contributed by atoms with Gasteiger partial charge in [-0.25, -0.2) is 0 Å². The SMILES string of the molecule is Cc1cccc2c1oc1cccc(OS(=O)(=O)C(F)(F)F)c12. The van der Waals surface area contributed by atoms with E-state index in [1.54, 1.807) is 25.1 Å². The molecule has 0 saturated heterocycles. The molecule has 0 unspecified atom stereocenters. The Morgan fingerprint density at radius 2 is 1.77 bits per heavy atom. The average Bonchev–Trinajstić information content (AvgIpc) is 2.78. The first-order valence-electron chi connectivity index (χ1n) is 6.12.